The van der Waals surface area contributed by atoms with Crippen molar-refractivity contribution in [2.24, 2.45) is 0 Å². The van der Waals surface area contributed by atoms with Crippen LogP contribution in [0.1, 0.15) is 52.9 Å². The van der Waals surface area contributed by atoms with Crippen LogP contribution in [0.3, 0.4) is 0 Å². The van der Waals surface area contributed by atoms with Crippen molar-refractivity contribution in [3.8, 4) is 0 Å². The number of thiophene rings is 1. The fourth-order valence-corrected chi connectivity index (χ4v) is 3.05. The van der Waals surface area contributed by atoms with Gasteiger partial charge in [0.1, 0.15) is 5.82 Å². The zero-order valence-corrected chi connectivity index (χ0v) is 12.6. The van der Waals surface area contributed by atoms with Crippen LogP contribution in [0, 0.1) is 5.82 Å². The molecule has 2 aromatic rings. The minimum Gasteiger partial charge on any atom is -0.205 e. The molecule has 2 nitrogen and oxygen atoms in total. The van der Waals surface area contributed by atoms with Crippen molar-refractivity contribution in [2.75, 3.05) is 0 Å². The van der Waals surface area contributed by atoms with Crippen LogP contribution in [-0.2, 0) is 10.8 Å². The quantitative estimate of drug-likeness (QED) is 0.705. The van der Waals surface area contributed by atoms with Gasteiger partial charge in [-0.05, 0) is 0 Å². The molecule has 2 rings (SSSR count). The smallest absolute Gasteiger partial charge is 0.143 e. The predicted octanol–water partition coefficient (Wildman–Crippen LogP) is 4.43. The zero-order chi connectivity index (χ0) is 13.7. The van der Waals surface area contributed by atoms with E-state index in [9.17, 15) is 4.39 Å². The van der Waals surface area contributed by atoms with Gasteiger partial charge in [-0.2, -0.15) is 10.2 Å². The minimum atomic E-state index is -0.205. The summed E-state index contributed by atoms with van der Waals surface area (Å²) in [7, 11) is 0. The van der Waals surface area contributed by atoms with Crippen LogP contribution in [0.2, 0.25) is 0 Å². The third kappa shape index (κ3) is 2.14. The van der Waals surface area contributed by atoms with Gasteiger partial charge >= 0.3 is 0 Å². The molecule has 0 bridgehead atoms. The van der Waals surface area contributed by atoms with E-state index >= 15 is 0 Å². The topological polar surface area (TPSA) is 25.8 Å². The number of hydrogen-bond donors (Lipinski definition) is 0. The average molecular weight is 266 g/mol. The SMILES string of the molecule is CC(C)(C)c1nnc(C(C)(C)C)c2c(F)csc12. The third-order valence-electron chi connectivity index (χ3n) is 2.87. The Morgan fingerprint density at radius 3 is 1.94 bits per heavy atom. The van der Waals surface area contributed by atoms with E-state index in [1.807, 2.05) is 20.8 Å². The number of hydrogen-bond acceptors (Lipinski definition) is 3. The Hall–Kier alpha value is -1.03. The van der Waals surface area contributed by atoms with Crippen LogP contribution >= 0.6 is 11.3 Å². The predicted molar refractivity (Wildman–Crippen MR) is 74.8 cm³/mol. The molecule has 0 saturated heterocycles. The van der Waals surface area contributed by atoms with E-state index in [1.165, 1.54) is 11.3 Å². The second kappa shape index (κ2) is 3.98. The lowest BCUT2D eigenvalue weighted by molar-refractivity contribution is 0.534. The summed E-state index contributed by atoms with van der Waals surface area (Å²) in [5, 5.41) is 10.8. The molecule has 0 N–H and O–H groups in total. The minimum absolute atomic E-state index is 0.126. The lowest BCUT2D eigenvalue weighted by Crippen LogP contribution is -2.20. The first-order valence-electron chi connectivity index (χ1n) is 6.06. The van der Waals surface area contributed by atoms with Crippen molar-refractivity contribution < 1.29 is 4.39 Å². The molecule has 0 atom stereocenters. The second-order valence-electron chi connectivity index (χ2n) is 6.68. The van der Waals surface area contributed by atoms with Gasteiger partial charge in [0.05, 0.1) is 21.5 Å². The number of halogens is 1. The van der Waals surface area contributed by atoms with Crippen LogP contribution < -0.4 is 0 Å². The Bertz CT molecular complexity index is 588. The fraction of sp³-hybridized carbons (Fsp3) is 0.571. The summed E-state index contributed by atoms with van der Waals surface area (Å²) in [6, 6.07) is 0. The maximum Gasteiger partial charge on any atom is 0.143 e. The largest absolute Gasteiger partial charge is 0.205 e. The van der Waals surface area contributed by atoms with Crippen molar-refractivity contribution in [1.82, 2.24) is 10.2 Å². The van der Waals surface area contributed by atoms with Crippen molar-refractivity contribution >= 4 is 21.4 Å². The van der Waals surface area contributed by atoms with E-state index in [0.29, 0.717) is 5.39 Å². The Labute approximate surface area is 111 Å². The summed E-state index contributed by atoms with van der Waals surface area (Å²) >= 11 is 1.42. The van der Waals surface area contributed by atoms with Crippen molar-refractivity contribution in [3.63, 3.8) is 0 Å². The van der Waals surface area contributed by atoms with Crippen LogP contribution in [0.15, 0.2) is 5.38 Å². The molecular weight excluding hydrogens is 247 g/mol. The van der Waals surface area contributed by atoms with Gasteiger partial charge in [0.25, 0.3) is 0 Å². The molecule has 0 amide bonds. The highest BCUT2D eigenvalue weighted by Crippen LogP contribution is 2.37. The Balaban J connectivity index is 2.85. The summed E-state index contributed by atoms with van der Waals surface area (Å²) in [5.41, 5.74) is 1.28. The molecule has 0 aromatic carbocycles. The number of fused-ring (bicyclic) bond motifs is 1. The molecular formula is C14H19FN2S. The van der Waals surface area contributed by atoms with Gasteiger partial charge in [-0.15, -0.1) is 11.3 Å². The van der Waals surface area contributed by atoms with E-state index in [-0.39, 0.29) is 16.6 Å². The molecule has 98 valence electrons. The highest BCUT2D eigenvalue weighted by molar-refractivity contribution is 7.17. The molecule has 4 heteroatoms. The van der Waals surface area contributed by atoms with Crippen molar-refractivity contribution in [2.45, 2.75) is 52.4 Å². The molecule has 0 unspecified atom stereocenters. The normalized spacial score (nSPS) is 13.3. The van der Waals surface area contributed by atoms with Crippen LogP contribution in [0.5, 0.6) is 0 Å². The standard InChI is InChI=1S/C14H19FN2S/c1-13(2,3)11-9-8(15)7-18-10(9)12(17-16-11)14(4,5)6/h7H,1-6H3. The summed E-state index contributed by atoms with van der Waals surface area (Å²) in [6.07, 6.45) is 0. The zero-order valence-electron chi connectivity index (χ0n) is 11.8. The molecule has 0 radical (unpaired) electrons. The summed E-state index contributed by atoms with van der Waals surface area (Å²) < 4.78 is 15.0. The Morgan fingerprint density at radius 2 is 1.44 bits per heavy atom. The lowest BCUT2D eigenvalue weighted by atomic mass is 9.87. The van der Waals surface area contributed by atoms with Gasteiger partial charge in [-0.1, -0.05) is 41.5 Å². The first-order valence-corrected chi connectivity index (χ1v) is 6.94. The van der Waals surface area contributed by atoms with Gasteiger partial charge in [0.15, 0.2) is 0 Å². The van der Waals surface area contributed by atoms with Crippen LogP contribution in [0.4, 0.5) is 4.39 Å². The highest BCUT2D eigenvalue weighted by atomic mass is 32.1. The van der Waals surface area contributed by atoms with E-state index < -0.39 is 0 Å². The third-order valence-corrected chi connectivity index (χ3v) is 3.83. The molecule has 0 aliphatic rings. The van der Waals surface area contributed by atoms with E-state index in [1.54, 1.807) is 5.38 Å². The Morgan fingerprint density at radius 1 is 0.944 bits per heavy atom. The lowest BCUT2D eigenvalue weighted by Gasteiger charge is -2.22. The number of nitrogens with zero attached hydrogens (tertiary/aromatic N) is 2. The summed E-state index contributed by atoms with van der Waals surface area (Å²) in [5.74, 6) is -0.180. The molecule has 18 heavy (non-hydrogen) atoms. The van der Waals surface area contributed by atoms with Crippen LogP contribution in [-0.4, -0.2) is 10.2 Å². The maximum atomic E-state index is 14.0. The second-order valence-corrected chi connectivity index (χ2v) is 7.56. The maximum absolute atomic E-state index is 14.0. The molecule has 0 aliphatic carbocycles. The average Bonchev–Trinajstić information content (AvgIpc) is 2.57. The molecule has 0 fully saturated rings. The van der Waals surface area contributed by atoms with E-state index in [0.717, 1.165) is 16.1 Å². The first-order chi connectivity index (χ1) is 8.12. The molecule has 0 spiro atoms. The number of rotatable bonds is 0. The summed E-state index contributed by atoms with van der Waals surface area (Å²) in [6.45, 7) is 12.3. The van der Waals surface area contributed by atoms with Gasteiger partial charge in [0, 0.05) is 16.2 Å². The monoisotopic (exact) mass is 266 g/mol. The van der Waals surface area contributed by atoms with Crippen LogP contribution in [0.25, 0.3) is 10.1 Å². The molecule has 2 aromatic heterocycles. The van der Waals surface area contributed by atoms with E-state index in [4.69, 9.17) is 0 Å². The number of aromatic nitrogens is 2. The molecule has 2 heterocycles. The molecule has 0 aliphatic heterocycles. The highest BCUT2D eigenvalue weighted by Gasteiger charge is 2.28. The van der Waals surface area contributed by atoms with Crippen molar-refractivity contribution in [3.05, 3.63) is 22.6 Å². The van der Waals surface area contributed by atoms with Gasteiger partial charge in [-0.25, -0.2) is 4.39 Å². The van der Waals surface area contributed by atoms with Crippen molar-refractivity contribution in [1.29, 1.82) is 0 Å². The fourth-order valence-electron chi connectivity index (χ4n) is 1.94. The first kappa shape index (κ1) is 13.4. The van der Waals surface area contributed by atoms with Gasteiger partial charge < -0.3 is 0 Å². The molecule has 0 saturated carbocycles. The van der Waals surface area contributed by atoms with Gasteiger partial charge in [0.2, 0.25) is 0 Å². The Kier molecular flexibility index (Phi) is 2.97. The van der Waals surface area contributed by atoms with E-state index in [2.05, 4.69) is 31.0 Å². The van der Waals surface area contributed by atoms with Gasteiger partial charge in [-0.3, -0.25) is 0 Å². The summed E-state index contributed by atoms with van der Waals surface area (Å²) in [4.78, 5) is 0.